The summed E-state index contributed by atoms with van der Waals surface area (Å²) in [5.74, 6) is -2.00. The first-order valence-corrected chi connectivity index (χ1v) is 9.54. The molecule has 8 nitrogen and oxygen atoms in total. The molecule has 9 heteroatoms. The number of rotatable bonds is 4. The molecule has 2 aliphatic heterocycles. The molecule has 1 atom stereocenters. The van der Waals surface area contributed by atoms with Crippen molar-refractivity contribution in [3.63, 3.8) is 0 Å². The number of hydrogen-bond donors (Lipinski definition) is 1. The minimum Gasteiger partial charge on any atom is -0.475 e. The first-order valence-electron chi connectivity index (χ1n) is 8.10. The minimum absolute atomic E-state index is 0.213. The van der Waals surface area contributed by atoms with Crippen LogP contribution in [0.1, 0.15) is 36.7 Å². The number of furan rings is 1. The van der Waals surface area contributed by atoms with Crippen molar-refractivity contribution >= 4 is 21.9 Å². The van der Waals surface area contributed by atoms with Gasteiger partial charge in [-0.3, -0.25) is 4.79 Å². The van der Waals surface area contributed by atoms with Crippen molar-refractivity contribution in [2.45, 2.75) is 37.3 Å². The van der Waals surface area contributed by atoms with Crippen molar-refractivity contribution in [1.29, 1.82) is 0 Å². The third-order valence-electron chi connectivity index (χ3n) is 4.59. The fourth-order valence-electron chi connectivity index (χ4n) is 3.15. The van der Waals surface area contributed by atoms with Crippen LogP contribution in [0.5, 0.6) is 0 Å². The average Bonchev–Trinajstić information content (AvgIpc) is 3.25. The van der Waals surface area contributed by atoms with Crippen LogP contribution in [0.2, 0.25) is 0 Å². The van der Waals surface area contributed by atoms with E-state index >= 15 is 0 Å². The maximum atomic E-state index is 12.8. The molecule has 0 aliphatic carbocycles. The zero-order valence-corrected chi connectivity index (χ0v) is 14.7. The van der Waals surface area contributed by atoms with Gasteiger partial charge < -0.3 is 14.4 Å². The lowest BCUT2D eigenvalue weighted by Gasteiger charge is -2.31. The van der Waals surface area contributed by atoms with Gasteiger partial charge in [0.15, 0.2) is 0 Å². The van der Waals surface area contributed by atoms with E-state index in [1.807, 2.05) is 13.0 Å². The van der Waals surface area contributed by atoms with Crippen molar-refractivity contribution in [2.24, 2.45) is 0 Å². The number of nitrogens with zero attached hydrogens (tertiary/aromatic N) is 2. The first kappa shape index (κ1) is 17.7. The minimum atomic E-state index is -4.05. The SMILES string of the molecule is CC1=CCN(C(=O)C2CCCN2S(=O)(=O)c2ccc(C(=O)O)o2)CC1. The molecular formula is C16H20N2O6S. The van der Waals surface area contributed by atoms with Gasteiger partial charge in [0, 0.05) is 19.6 Å². The van der Waals surface area contributed by atoms with Crippen LogP contribution >= 0.6 is 0 Å². The predicted octanol–water partition coefficient (Wildman–Crippen LogP) is 1.31. The van der Waals surface area contributed by atoms with Gasteiger partial charge in [0.05, 0.1) is 0 Å². The monoisotopic (exact) mass is 368 g/mol. The van der Waals surface area contributed by atoms with Crippen LogP contribution in [0.15, 0.2) is 33.3 Å². The summed E-state index contributed by atoms with van der Waals surface area (Å²) < 4.78 is 31.6. The number of carboxylic acids is 1. The Balaban J connectivity index is 1.82. The summed E-state index contributed by atoms with van der Waals surface area (Å²) in [6.07, 6.45) is 3.78. The highest BCUT2D eigenvalue weighted by Crippen LogP contribution is 2.29. The van der Waals surface area contributed by atoms with E-state index in [0.717, 1.165) is 22.9 Å². The molecule has 1 aromatic rings. The molecule has 0 radical (unpaired) electrons. The third kappa shape index (κ3) is 3.34. The van der Waals surface area contributed by atoms with Crippen molar-refractivity contribution in [2.75, 3.05) is 19.6 Å². The van der Waals surface area contributed by atoms with Gasteiger partial charge in [0.1, 0.15) is 6.04 Å². The van der Waals surface area contributed by atoms with Gasteiger partial charge in [-0.1, -0.05) is 11.6 Å². The Labute approximate surface area is 145 Å². The van der Waals surface area contributed by atoms with Gasteiger partial charge >= 0.3 is 5.97 Å². The molecule has 1 fully saturated rings. The normalized spacial score (nSPS) is 22.0. The summed E-state index contributed by atoms with van der Waals surface area (Å²) in [6.45, 7) is 3.28. The van der Waals surface area contributed by atoms with Crippen LogP contribution in [0.4, 0.5) is 0 Å². The van der Waals surface area contributed by atoms with Crippen LogP contribution in [-0.2, 0) is 14.8 Å². The molecule has 1 N–H and O–H groups in total. The number of aromatic carboxylic acids is 1. The number of hydrogen-bond acceptors (Lipinski definition) is 5. The van der Waals surface area contributed by atoms with Crippen molar-refractivity contribution in [3.05, 3.63) is 29.5 Å². The number of carboxylic acid groups (broad SMARTS) is 1. The number of carbonyl (C=O) groups is 2. The average molecular weight is 368 g/mol. The second kappa shape index (κ2) is 6.64. The van der Waals surface area contributed by atoms with E-state index in [1.54, 1.807) is 4.90 Å². The Bertz CT molecular complexity index is 825. The fraction of sp³-hybridized carbons (Fsp3) is 0.500. The molecule has 0 saturated carbocycles. The van der Waals surface area contributed by atoms with Crippen molar-refractivity contribution in [3.8, 4) is 0 Å². The van der Waals surface area contributed by atoms with Crippen LogP contribution < -0.4 is 0 Å². The van der Waals surface area contributed by atoms with E-state index in [0.29, 0.717) is 25.9 Å². The Morgan fingerprint density at radius 3 is 2.64 bits per heavy atom. The van der Waals surface area contributed by atoms with Gasteiger partial charge in [-0.15, -0.1) is 0 Å². The standard InChI is InChI=1S/C16H20N2O6S/c1-11-6-9-17(10-7-11)15(19)12-3-2-8-18(12)25(22,23)14-5-4-13(24-14)16(20)21/h4-6,12H,2-3,7-10H2,1H3,(H,20,21). The van der Waals surface area contributed by atoms with Crippen molar-refractivity contribution < 1.29 is 27.5 Å². The summed E-state index contributed by atoms with van der Waals surface area (Å²) in [6, 6.07) is 1.45. The molecule has 3 heterocycles. The van der Waals surface area contributed by atoms with E-state index in [4.69, 9.17) is 9.52 Å². The van der Waals surface area contributed by atoms with Crippen LogP contribution in [0.25, 0.3) is 0 Å². The highest BCUT2D eigenvalue weighted by Gasteiger charge is 2.42. The van der Waals surface area contributed by atoms with E-state index in [9.17, 15) is 18.0 Å². The zero-order valence-electron chi connectivity index (χ0n) is 13.8. The van der Waals surface area contributed by atoms with Gasteiger partial charge in [0.25, 0.3) is 10.0 Å². The van der Waals surface area contributed by atoms with Gasteiger partial charge in [-0.2, -0.15) is 4.31 Å². The van der Waals surface area contributed by atoms with Gasteiger partial charge in [-0.25, -0.2) is 13.2 Å². The summed E-state index contributed by atoms with van der Waals surface area (Å²) in [5, 5.41) is 8.45. The molecular weight excluding hydrogens is 348 g/mol. The Hall–Kier alpha value is -2.13. The molecule has 1 saturated heterocycles. The Morgan fingerprint density at radius 2 is 2.04 bits per heavy atom. The molecule has 0 spiro atoms. The largest absolute Gasteiger partial charge is 0.475 e. The van der Waals surface area contributed by atoms with Crippen LogP contribution in [0, 0.1) is 0 Å². The van der Waals surface area contributed by atoms with Gasteiger partial charge in [-0.05, 0) is 38.3 Å². The molecule has 3 rings (SSSR count). The van der Waals surface area contributed by atoms with E-state index in [2.05, 4.69) is 0 Å². The zero-order chi connectivity index (χ0) is 18.2. The lowest BCUT2D eigenvalue weighted by Crippen LogP contribution is -2.48. The third-order valence-corrected chi connectivity index (χ3v) is 6.37. The summed E-state index contributed by atoms with van der Waals surface area (Å²) in [5.41, 5.74) is 1.22. The molecule has 1 amide bonds. The van der Waals surface area contributed by atoms with Crippen molar-refractivity contribution in [1.82, 2.24) is 9.21 Å². The topological polar surface area (TPSA) is 108 Å². The van der Waals surface area contributed by atoms with Crippen LogP contribution in [-0.4, -0.2) is 60.3 Å². The highest BCUT2D eigenvalue weighted by atomic mass is 32.2. The molecule has 0 bridgehead atoms. The second-order valence-electron chi connectivity index (χ2n) is 6.28. The molecule has 136 valence electrons. The number of sulfonamides is 1. The maximum Gasteiger partial charge on any atom is 0.371 e. The summed E-state index contributed by atoms with van der Waals surface area (Å²) in [7, 11) is -4.05. The summed E-state index contributed by atoms with van der Waals surface area (Å²) >= 11 is 0. The molecule has 1 unspecified atom stereocenters. The van der Waals surface area contributed by atoms with E-state index in [-0.39, 0.29) is 12.5 Å². The second-order valence-corrected chi connectivity index (χ2v) is 8.10. The predicted molar refractivity (Wildman–Crippen MR) is 87.5 cm³/mol. The smallest absolute Gasteiger partial charge is 0.371 e. The lowest BCUT2D eigenvalue weighted by atomic mass is 10.1. The molecule has 1 aromatic heterocycles. The Kier molecular flexibility index (Phi) is 4.70. The quantitative estimate of drug-likeness (QED) is 0.803. The molecule has 2 aliphatic rings. The first-order chi connectivity index (χ1) is 11.8. The van der Waals surface area contributed by atoms with E-state index < -0.39 is 32.9 Å². The highest BCUT2D eigenvalue weighted by molar-refractivity contribution is 7.89. The molecule has 0 aromatic carbocycles. The number of amides is 1. The van der Waals surface area contributed by atoms with Crippen LogP contribution in [0.3, 0.4) is 0 Å². The van der Waals surface area contributed by atoms with E-state index in [1.165, 1.54) is 5.57 Å². The number of carbonyl (C=O) groups excluding carboxylic acids is 1. The lowest BCUT2D eigenvalue weighted by molar-refractivity contribution is -0.134. The maximum absolute atomic E-state index is 12.8. The van der Waals surface area contributed by atoms with Gasteiger partial charge in [0.2, 0.25) is 16.8 Å². The summed E-state index contributed by atoms with van der Waals surface area (Å²) in [4.78, 5) is 25.3. The Morgan fingerprint density at radius 1 is 1.28 bits per heavy atom. The fourth-order valence-corrected chi connectivity index (χ4v) is 4.71. The molecule has 25 heavy (non-hydrogen) atoms.